The van der Waals surface area contributed by atoms with Gasteiger partial charge >= 0.3 is 0 Å². The Bertz CT molecular complexity index is 133. The zero-order chi connectivity index (χ0) is 7.56. The number of hydrogen-bond donors (Lipinski definition) is 3. The van der Waals surface area contributed by atoms with E-state index in [1.165, 1.54) is 0 Å². The van der Waals surface area contributed by atoms with Crippen molar-refractivity contribution in [1.29, 1.82) is 0 Å². The SMILES string of the molecule is OCC(O)[C@@H]1CC=C[C@@H]1O. The molecule has 0 saturated heterocycles. The first-order valence-electron chi connectivity index (χ1n) is 3.39. The van der Waals surface area contributed by atoms with Gasteiger partial charge in [-0.2, -0.15) is 0 Å². The maximum atomic E-state index is 9.13. The first kappa shape index (κ1) is 7.72. The van der Waals surface area contributed by atoms with Crippen LogP contribution >= 0.6 is 0 Å². The molecule has 3 heteroatoms. The smallest absolute Gasteiger partial charge is 0.0829 e. The van der Waals surface area contributed by atoms with Crippen LogP contribution < -0.4 is 0 Å². The van der Waals surface area contributed by atoms with Crippen LogP contribution in [-0.4, -0.2) is 34.1 Å². The van der Waals surface area contributed by atoms with Gasteiger partial charge in [-0.1, -0.05) is 12.2 Å². The molecule has 0 bridgehead atoms. The lowest BCUT2D eigenvalue weighted by Gasteiger charge is -2.18. The van der Waals surface area contributed by atoms with E-state index in [1.54, 1.807) is 6.08 Å². The van der Waals surface area contributed by atoms with Crippen molar-refractivity contribution in [2.24, 2.45) is 5.92 Å². The number of aliphatic hydroxyl groups excluding tert-OH is 3. The molecule has 0 fully saturated rings. The molecule has 3 atom stereocenters. The predicted octanol–water partition coefficient (Wildman–Crippen LogP) is -0.723. The molecule has 1 aliphatic carbocycles. The molecule has 1 aliphatic rings. The summed E-state index contributed by atoms with van der Waals surface area (Å²) in [7, 11) is 0. The average Bonchev–Trinajstić information content (AvgIpc) is 2.34. The Labute approximate surface area is 59.6 Å². The fraction of sp³-hybridized carbons (Fsp3) is 0.714. The molecule has 0 aromatic carbocycles. The van der Waals surface area contributed by atoms with E-state index in [4.69, 9.17) is 15.3 Å². The number of hydrogen-bond acceptors (Lipinski definition) is 3. The van der Waals surface area contributed by atoms with Crippen LogP contribution in [0.4, 0.5) is 0 Å². The maximum Gasteiger partial charge on any atom is 0.0829 e. The Morgan fingerprint density at radius 1 is 1.60 bits per heavy atom. The van der Waals surface area contributed by atoms with Crippen LogP contribution in [0.5, 0.6) is 0 Å². The molecule has 0 aliphatic heterocycles. The second kappa shape index (κ2) is 3.14. The van der Waals surface area contributed by atoms with Gasteiger partial charge in [-0.15, -0.1) is 0 Å². The second-order valence-electron chi connectivity index (χ2n) is 2.57. The van der Waals surface area contributed by atoms with E-state index in [-0.39, 0.29) is 12.5 Å². The zero-order valence-corrected chi connectivity index (χ0v) is 5.64. The summed E-state index contributed by atoms with van der Waals surface area (Å²) in [6, 6.07) is 0. The van der Waals surface area contributed by atoms with Crippen molar-refractivity contribution >= 4 is 0 Å². The molecule has 0 radical (unpaired) electrons. The molecule has 0 aromatic rings. The van der Waals surface area contributed by atoms with Crippen LogP contribution in [0.25, 0.3) is 0 Å². The minimum atomic E-state index is -0.787. The summed E-state index contributed by atoms with van der Waals surface area (Å²) in [5, 5.41) is 26.7. The highest BCUT2D eigenvalue weighted by atomic mass is 16.3. The van der Waals surface area contributed by atoms with Gasteiger partial charge in [0.1, 0.15) is 0 Å². The lowest BCUT2D eigenvalue weighted by atomic mass is 9.98. The van der Waals surface area contributed by atoms with E-state index in [0.717, 1.165) is 0 Å². The Morgan fingerprint density at radius 3 is 2.70 bits per heavy atom. The molecule has 10 heavy (non-hydrogen) atoms. The number of rotatable bonds is 2. The minimum absolute atomic E-state index is 0.204. The van der Waals surface area contributed by atoms with Gasteiger partial charge in [0, 0.05) is 5.92 Å². The van der Waals surface area contributed by atoms with Crippen LogP contribution in [0.2, 0.25) is 0 Å². The lowest BCUT2D eigenvalue weighted by Crippen LogP contribution is -2.30. The maximum absolute atomic E-state index is 9.13. The Kier molecular flexibility index (Phi) is 2.43. The van der Waals surface area contributed by atoms with Gasteiger partial charge < -0.3 is 15.3 Å². The first-order chi connectivity index (χ1) is 4.75. The van der Waals surface area contributed by atoms with Crippen molar-refractivity contribution in [3.05, 3.63) is 12.2 Å². The quantitative estimate of drug-likeness (QED) is 0.448. The van der Waals surface area contributed by atoms with Crippen LogP contribution in [0.3, 0.4) is 0 Å². The molecule has 58 valence electrons. The molecule has 0 spiro atoms. The fourth-order valence-corrected chi connectivity index (χ4v) is 1.18. The largest absolute Gasteiger partial charge is 0.394 e. The van der Waals surface area contributed by atoms with E-state index < -0.39 is 12.2 Å². The van der Waals surface area contributed by atoms with Crippen molar-refractivity contribution in [2.45, 2.75) is 18.6 Å². The topological polar surface area (TPSA) is 60.7 Å². The Balaban J connectivity index is 2.42. The third-order valence-electron chi connectivity index (χ3n) is 1.86. The van der Waals surface area contributed by atoms with Crippen molar-refractivity contribution in [1.82, 2.24) is 0 Å². The summed E-state index contributed by atoms with van der Waals surface area (Å²) in [6.45, 7) is -0.274. The van der Waals surface area contributed by atoms with Crippen LogP contribution in [0.1, 0.15) is 6.42 Å². The summed E-state index contributed by atoms with van der Waals surface area (Å²) >= 11 is 0. The van der Waals surface area contributed by atoms with Gasteiger partial charge in [0.2, 0.25) is 0 Å². The van der Waals surface area contributed by atoms with Crippen LogP contribution in [0.15, 0.2) is 12.2 Å². The van der Waals surface area contributed by atoms with Gasteiger partial charge in [-0.3, -0.25) is 0 Å². The molecule has 3 N–H and O–H groups in total. The molecule has 1 unspecified atom stereocenters. The van der Waals surface area contributed by atoms with Crippen LogP contribution in [0, 0.1) is 5.92 Å². The zero-order valence-electron chi connectivity index (χ0n) is 5.64. The molecular weight excluding hydrogens is 132 g/mol. The van der Waals surface area contributed by atoms with Crippen molar-refractivity contribution in [3.8, 4) is 0 Å². The van der Waals surface area contributed by atoms with Gasteiger partial charge in [-0.05, 0) is 6.42 Å². The summed E-state index contributed by atoms with van der Waals surface area (Å²) in [5.74, 6) is -0.204. The molecule has 0 saturated carbocycles. The third-order valence-corrected chi connectivity index (χ3v) is 1.86. The van der Waals surface area contributed by atoms with Crippen LogP contribution in [-0.2, 0) is 0 Å². The minimum Gasteiger partial charge on any atom is -0.394 e. The molecule has 0 heterocycles. The van der Waals surface area contributed by atoms with E-state index >= 15 is 0 Å². The molecular formula is C7H12O3. The van der Waals surface area contributed by atoms with Crippen molar-refractivity contribution in [3.63, 3.8) is 0 Å². The predicted molar refractivity (Wildman–Crippen MR) is 36.3 cm³/mol. The highest BCUT2D eigenvalue weighted by Crippen LogP contribution is 2.21. The fourth-order valence-electron chi connectivity index (χ4n) is 1.18. The van der Waals surface area contributed by atoms with E-state index in [1.807, 2.05) is 6.08 Å². The van der Waals surface area contributed by atoms with Gasteiger partial charge in [0.25, 0.3) is 0 Å². The first-order valence-corrected chi connectivity index (χ1v) is 3.39. The highest BCUT2D eigenvalue weighted by Gasteiger charge is 2.26. The average molecular weight is 144 g/mol. The molecule has 0 amide bonds. The standard InChI is InChI=1S/C7H12O3/c8-4-7(10)5-2-1-3-6(5)9/h1,3,5-10H,2,4H2/t5-,6+,7?/m1/s1. The van der Waals surface area contributed by atoms with E-state index in [2.05, 4.69) is 0 Å². The van der Waals surface area contributed by atoms with Gasteiger partial charge in [0.05, 0.1) is 18.8 Å². The molecule has 1 rings (SSSR count). The monoisotopic (exact) mass is 144 g/mol. The highest BCUT2D eigenvalue weighted by molar-refractivity contribution is 5.03. The van der Waals surface area contributed by atoms with E-state index in [0.29, 0.717) is 6.42 Å². The number of aliphatic hydroxyl groups is 3. The van der Waals surface area contributed by atoms with E-state index in [9.17, 15) is 0 Å². The normalized spacial score (nSPS) is 34.7. The molecule has 0 aromatic heterocycles. The Morgan fingerprint density at radius 2 is 2.30 bits per heavy atom. The molecule has 3 nitrogen and oxygen atoms in total. The Hall–Kier alpha value is -0.380. The second-order valence-corrected chi connectivity index (χ2v) is 2.57. The summed E-state index contributed by atoms with van der Waals surface area (Å²) in [4.78, 5) is 0. The number of allylic oxidation sites excluding steroid dienone is 1. The van der Waals surface area contributed by atoms with Crippen molar-refractivity contribution < 1.29 is 15.3 Å². The van der Waals surface area contributed by atoms with Crippen molar-refractivity contribution in [2.75, 3.05) is 6.61 Å². The van der Waals surface area contributed by atoms with Gasteiger partial charge in [0.15, 0.2) is 0 Å². The summed E-state index contributed by atoms with van der Waals surface area (Å²) in [5.41, 5.74) is 0. The third kappa shape index (κ3) is 1.37. The summed E-state index contributed by atoms with van der Waals surface area (Å²) < 4.78 is 0. The van der Waals surface area contributed by atoms with Gasteiger partial charge in [-0.25, -0.2) is 0 Å². The lowest BCUT2D eigenvalue weighted by molar-refractivity contribution is 0.00742. The summed E-state index contributed by atoms with van der Waals surface area (Å²) in [6.07, 6.45) is 2.74.